The van der Waals surface area contributed by atoms with Crippen LogP contribution in [0.15, 0.2) is 48.5 Å². The summed E-state index contributed by atoms with van der Waals surface area (Å²) in [6, 6.07) is 12.9. The predicted octanol–water partition coefficient (Wildman–Crippen LogP) is 2.22. The number of carbonyl (C=O) groups is 2. The van der Waals surface area contributed by atoms with Crippen LogP contribution in [0.4, 0.5) is 5.69 Å². The van der Waals surface area contributed by atoms with Gasteiger partial charge in [0.1, 0.15) is 5.75 Å². The summed E-state index contributed by atoms with van der Waals surface area (Å²) >= 11 is 0. The quantitative estimate of drug-likeness (QED) is 0.710. The lowest BCUT2D eigenvalue weighted by molar-refractivity contribution is -0.137. The zero-order valence-corrected chi connectivity index (χ0v) is 12.7. The van der Waals surface area contributed by atoms with Crippen LogP contribution in [-0.2, 0) is 4.79 Å². The number of amides is 1. The summed E-state index contributed by atoms with van der Waals surface area (Å²) in [7, 11) is 1.55. The molecule has 0 aromatic heterocycles. The van der Waals surface area contributed by atoms with Gasteiger partial charge in [-0.05, 0) is 29.8 Å². The van der Waals surface area contributed by atoms with Crippen LogP contribution in [0.3, 0.4) is 0 Å². The zero-order valence-electron chi connectivity index (χ0n) is 12.7. The molecule has 0 saturated carbocycles. The fourth-order valence-electron chi connectivity index (χ4n) is 2.20. The largest absolute Gasteiger partial charge is 0.497 e. The minimum Gasteiger partial charge on any atom is -0.497 e. The maximum Gasteiger partial charge on any atom is 0.305 e. The highest BCUT2D eigenvalue weighted by atomic mass is 16.5. The number of para-hydroxylation sites is 1. The van der Waals surface area contributed by atoms with Crippen molar-refractivity contribution in [2.75, 3.05) is 12.8 Å². The molecule has 1 amide bonds. The van der Waals surface area contributed by atoms with Gasteiger partial charge in [0.05, 0.1) is 25.1 Å². The molecule has 0 fully saturated rings. The summed E-state index contributed by atoms with van der Waals surface area (Å²) in [6.45, 7) is 0. The molecule has 0 heterocycles. The van der Waals surface area contributed by atoms with Crippen molar-refractivity contribution in [1.82, 2.24) is 5.32 Å². The molecule has 2 aromatic carbocycles. The molecular formula is C17H18N2O4. The lowest BCUT2D eigenvalue weighted by Gasteiger charge is -2.18. The molecule has 0 aliphatic carbocycles. The van der Waals surface area contributed by atoms with E-state index in [4.69, 9.17) is 15.6 Å². The fourth-order valence-corrected chi connectivity index (χ4v) is 2.20. The highest BCUT2D eigenvalue weighted by Crippen LogP contribution is 2.21. The molecule has 0 unspecified atom stereocenters. The Balaban J connectivity index is 2.23. The third kappa shape index (κ3) is 4.23. The first kappa shape index (κ1) is 16.4. The Morgan fingerprint density at radius 1 is 1.17 bits per heavy atom. The third-order valence-corrected chi connectivity index (χ3v) is 3.41. The average molecular weight is 314 g/mol. The predicted molar refractivity (Wildman–Crippen MR) is 86.3 cm³/mol. The number of nitrogen functional groups attached to an aromatic ring is 1. The molecule has 2 rings (SSSR count). The smallest absolute Gasteiger partial charge is 0.305 e. The van der Waals surface area contributed by atoms with Crippen molar-refractivity contribution >= 4 is 17.6 Å². The van der Waals surface area contributed by atoms with Crippen LogP contribution < -0.4 is 15.8 Å². The summed E-state index contributed by atoms with van der Waals surface area (Å²) in [4.78, 5) is 23.4. The van der Waals surface area contributed by atoms with Crippen LogP contribution in [-0.4, -0.2) is 24.1 Å². The van der Waals surface area contributed by atoms with Gasteiger partial charge in [-0.15, -0.1) is 0 Å². The molecule has 0 aliphatic rings. The summed E-state index contributed by atoms with van der Waals surface area (Å²) in [6.07, 6.45) is -0.231. The van der Waals surface area contributed by atoms with Crippen molar-refractivity contribution in [3.05, 3.63) is 59.7 Å². The molecule has 0 aliphatic heterocycles. The normalized spacial score (nSPS) is 11.5. The molecule has 0 bridgehead atoms. The van der Waals surface area contributed by atoms with E-state index in [-0.39, 0.29) is 6.42 Å². The van der Waals surface area contributed by atoms with Crippen LogP contribution in [0.25, 0.3) is 0 Å². The summed E-state index contributed by atoms with van der Waals surface area (Å²) in [5, 5.41) is 11.8. The molecule has 0 spiro atoms. The second-order valence-corrected chi connectivity index (χ2v) is 4.98. The lowest BCUT2D eigenvalue weighted by atomic mass is 10.0. The van der Waals surface area contributed by atoms with Crippen LogP contribution in [0.2, 0.25) is 0 Å². The number of hydrogen-bond donors (Lipinski definition) is 3. The van der Waals surface area contributed by atoms with Gasteiger partial charge in [0.2, 0.25) is 0 Å². The number of aliphatic carboxylic acids is 1. The molecule has 0 saturated heterocycles. The van der Waals surface area contributed by atoms with Crippen molar-refractivity contribution in [3.8, 4) is 5.75 Å². The van der Waals surface area contributed by atoms with E-state index in [0.29, 0.717) is 22.6 Å². The number of methoxy groups -OCH3 is 1. The van der Waals surface area contributed by atoms with Crippen molar-refractivity contribution in [2.24, 2.45) is 0 Å². The van der Waals surface area contributed by atoms with Gasteiger partial charge in [0.15, 0.2) is 0 Å². The number of rotatable bonds is 6. The van der Waals surface area contributed by atoms with Crippen LogP contribution >= 0.6 is 0 Å². The summed E-state index contributed by atoms with van der Waals surface area (Å²) in [5.74, 6) is -0.765. The van der Waals surface area contributed by atoms with Crippen LogP contribution in [0, 0.1) is 0 Å². The summed E-state index contributed by atoms with van der Waals surface area (Å²) < 4.78 is 5.08. The molecule has 6 heteroatoms. The van der Waals surface area contributed by atoms with Gasteiger partial charge in [-0.25, -0.2) is 0 Å². The number of carboxylic acids is 1. The first-order valence-corrected chi connectivity index (χ1v) is 7.02. The Morgan fingerprint density at radius 3 is 2.39 bits per heavy atom. The average Bonchev–Trinajstić information content (AvgIpc) is 2.54. The van der Waals surface area contributed by atoms with Gasteiger partial charge in [-0.1, -0.05) is 24.3 Å². The first-order valence-electron chi connectivity index (χ1n) is 7.02. The topological polar surface area (TPSA) is 102 Å². The van der Waals surface area contributed by atoms with E-state index in [2.05, 4.69) is 5.32 Å². The Labute approximate surface area is 133 Å². The molecular weight excluding hydrogens is 296 g/mol. The molecule has 2 aromatic rings. The van der Waals surface area contributed by atoms with Crippen molar-refractivity contribution in [2.45, 2.75) is 12.5 Å². The van der Waals surface area contributed by atoms with Crippen molar-refractivity contribution < 1.29 is 19.4 Å². The van der Waals surface area contributed by atoms with E-state index < -0.39 is 17.9 Å². The van der Waals surface area contributed by atoms with E-state index in [1.807, 2.05) is 0 Å². The fraction of sp³-hybridized carbons (Fsp3) is 0.176. The Bertz CT molecular complexity index is 698. The molecule has 6 nitrogen and oxygen atoms in total. The maximum atomic E-state index is 12.3. The molecule has 0 radical (unpaired) electrons. The SMILES string of the molecule is COc1ccc([C@@H](CC(=O)O)NC(=O)c2ccccc2N)cc1. The third-order valence-electron chi connectivity index (χ3n) is 3.41. The summed E-state index contributed by atoms with van der Waals surface area (Å²) in [5.41, 5.74) is 7.12. The van der Waals surface area contributed by atoms with E-state index in [9.17, 15) is 9.59 Å². The van der Waals surface area contributed by atoms with Gasteiger partial charge in [0, 0.05) is 5.69 Å². The minimum atomic E-state index is -1.01. The number of hydrogen-bond acceptors (Lipinski definition) is 4. The highest BCUT2D eigenvalue weighted by molar-refractivity contribution is 5.99. The standard InChI is InChI=1S/C17H18N2O4/c1-23-12-8-6-11(7-9-12)15(10-16(20)21)19-17(22)13-4-2-3-5-14(13)18/h2-9,15H,10,18H2,1H3,(H,19,22)(H,20,21)/t15-/m1/s1. The second-order valence-electron chi connectivity index (χ2n) is 4.98. The lowest BCUT2D eigenvalue weighted by Crippen LogP contribution is -2.30. The first-order chi connectivity index (χ1) is 11.0. The van der Waals surface area contributed by atoms with Gasteiger partial charge in [-0.3, -0.25) is 9.59 Å². The molecule has 4 N–H and O–H groups in total. The highest BCUT2D eigenvalue weighted by Gasteiger charge is 2.20. The number of benzene rings is 2. The number of nitrogens with one attached hydrogen (secondary N) is 1. The minimum absolute atomic E-state index is 0.231. The van der Waals surface area contributed by atoms with E-state index in [1.165, 1.54) is 0 Å². The Morgan fingerprint density at radius 2 is 1.83 bits per heavy atom. The van der Waals surface area contributed by atoms with Gasteiger partial charge >= 0.3 is 5.97 Å². The number of carbonyl (C=O) groups excluding carboxylic acids is 1. The number of ether oxygens (including phenoxy) is 1. The monoisotopic (exact) mass is 314 g/mol. The molecule has 120 valence electrons. The maximum absolute atomic E-state index is 12.3. The van der Waals surface area contributed by atoms with E-state index in [0.717, 1.165) is 0 Å². The van der Waals surface area contributed by atoms with Gasteiger partial charge in [-0.2, -0.15) is 0 Å². The van der Waals surface area contributed by atoms with E-state index in [1.54, 1.807) is 55.6 Å². The molecule has 23 heavy (non-hydrogen) atoms. The van der Waals surface area contributed by atoms with Crippen LogP contribution in [0.1, 0.15) is 28.4 Å². The van der Waals surface area contributed by atoms with Gasteiger partial charge < -0.3 is 20.9 Å². The van der Waals surface area contributed by atoms with Crippen LogP contribution in [0.5, 0.6) is 5.75 Å². The second kappa shape index (κ2) is 7.31. The van der Waals surface area contributed by atoms with Crippen molar-refractivity contribution in [1.29, 1.82) is 0 Å². The Hall–Kier alpha value is -3.02. The number of carboxylic acid groups (broad SMARTS) is 1. The number of anilines is 1. The van der Waals surface area contributed by atoms with Crippen molar-refractivity contribution in [3.63, 3.8) is 0 Å². The Kier molecular flexibility index (Phi) is 5.19. The zero-order chi connectivity index (χ0) is 16.8. The molecule has 1 atom stereocenters. The number of nitrogens with two attached hydrogens (primary N) is 1. The van der Waals surface area contributed by atoms with Gasteiger partial charge in [0.25, 0.3) is 5.91 Å². The van der Waals surface area contributed by atoms with E-state index >= 15 is 0 Å².